The van der Waals surface area contributed by atoms with Crippen molar-refractivity contribution in [3.05, 3.63) is 56.3 Å². The van der Waals surface area contributed by atoms with Crippen molar-refractivity contribution in [1.29, 1.82) is 0 Å². The lowest BCUT2D eigenvalue weighted by Crippen LogP contribution is -2.48. The van der Waals surface area contributed by atoms with Crippen molar-refractivity contribution < 1.29 is 14.5 Å². The van der Waals surface area contributed by atoms with E-state index < -0.39 is 4.92 Å². The summed E-state index contributed by atoms with van der Waals surface area (Å²) < 4.78 is 0. The van der Waals surface area contributed by atoms with Crippen LogP contribution < -0.4 is 10.2 Å². The number of piperazine rings is 1. The summed E-state index contributed by atoms with van der Waals surface area (Å²) in [6.45, 7) is 4.08. The SMILES string of the molecule is CC(=O)N1CCN(c2ccc(C(=O)NCCc3cccs3)cc2[N+](=O)[O-])CC1. The van der Waals surface area contributed by atoms with Gasteiger partial charge in [0.15, 0.2) is 0 Å². The molecule has 0 aliphatic carbocycles. The van der Waals surface area contributed by atoms with Crippen LogP contribution in [0.25, 0.3) is 0 Å². The van der Waals surface area contributed by atoms with E-state index in [-0.39, 0.29) is 23.1 Å². The number of nitrogens with one attached hydrogen (secondary N) is 1. The van der Waals surface area contributed by atoms with Gasteiger partial charge < -0.3 is 15.1 Å². The molecule has 1 N–H and O–H groups in total. The number of carbonyl (C=O) groups excluding carboxylic acids is 2. The van der Waals surface area contributed by atoms with Gasteiger partial charge in [0.05, 0.1) is 4.92 Å². The lowest BCUT2D eigenvalue weighted by molar-refractivity contribution is -0.384. The highest BCUT2D eigenvalue weighted by atomic mass is 32.1. The number of hydrogen-bond acceptors (Lipinski definition) is 6. The summed E-state index contributed by atoms with van der Waals surface area (Å²) in [7, 11) is 0. The lowest BCUT2D eigenvalue weighted by atomic mass is 10.1. The maximum atomic E-state index is 12.4. The first kappa shape index (κ1) is 19.8. The van der Waals surface area contributed by atoms with E-state index in [9.17, 15) is 19.7 Å². The number of rotatable bonds is 6. The number of carbonyl (C=O) groups is 2. The maximum Gasteiger partial charge on any atom is 0.293 e. The summed E-state index contributed by atoms with van der Waals surface area (Å²) >= 11 is 1.63. The average Bonchev–Trinajstić information content (AvgIpc) is 3.21. The third kappa shape index (κ3) is 4.66. The van der Waals surface area contributed by atoms with Gasteiger partial charge in [0, 0.05) is 56.2 Å². The van der Waals surface area contributed by atoms with Crippen LogP contribution in [0.2, 0.25) is 0 Å². The number of nitrogens with zero attached hydrogens (tertiary/aromatic N) is 3. The predicted octanol–water partition coefficient (Wildman–Crippen LogP) is 2.30. The second kappa shape index (κ2) is 8.83. The summed E-state index contributed by atoms with van der Waals surface area (Å²) in [4.78, 5) is 39.7. The Morgan fingerprint density at radius 1 is 1.21 bits per heavy atom. The number of nitro benzene ring substituents is 1. The number of hydrogen-bond donors (Lipinski definition) is 1. The van der Waals surface area contributed by atoms with E-state index in [0.717, 1.165) is 6.42 Å². The fourth-order valence-corrected chi connectivity index (χ4v) is 3.91. The van der Waals surface area contributed by atoms with Crippen LogP contribution in [-0.2, 0) is 11.2 Å². The van der Waals surface area contributed by atoms with E-state index in [1.54, 1.807) is 28.4 Å². The maximum absolute atomic E-state index is 12.4. The van der Waals surface area contributed by atoms with Crippen molar-refractivity contribution in [2.75, 3.05) is 37.6 Å². The van der Waals surface area contributed by atoms with E-state index in [0.29, 0.717) is 38.4 Å². The van der Waals surface area contributed by atoms with Gasteiger partial charge in [-0.3, -0.25) is 19.7 Å². The van der Waals surface area contributed by atoms with Crippen LogP contribution >= 0.6 is 11.3 Å². The van der Waals surface area contributed by atoms with Crippen molar-refractivity contribution in [2.24, 2.45) is 0 Å². The van der Waals surface area contributed by atoms with E-state index in [4.69, 9.17) is 0 Å². The Balaban J connectivity index is 1.67. The van der Waals surface area contributed by atoms with Crippen LogP contribution in [0.1, 0.15) is 22.2 Å². The average molecular weight is 402 g/mol. The highest BCUT2D eigenvalue weighted by Crippen LogP contribution is 2.30. The molecule has 0 bridgehead atoms. The van der Waals surface area contributed by atoms with Crippen LogP contribution in [0, 0.1) is 10.1 Å². The minimum absolute atomic E-state index is 0.00344. The van der Waals surface area contributed by atoms with E-state index in [1.165, 1.54) is 17.9 Å². The van der Waals surface area contributed by atoms with Gasteiger partial charge in [0.25, 0.3) is 11.6 Å². The number of benzene rings is 1. The highest BCUT2D eigenvalue weighted by Gasteiger charge is 2.25. The topological polar surface area (TPSA) is 95.8 Å². The molecular formula is C19H22N4O4S. The molecule has 1 aliphatic rings. The Labute approximate surface area is 166 Å². The minimum Gasteiger partial charge on any atom is -0.362 e. The van der Waals surface area contributed by atoms with Gasteiger partial charge in [-0.15, -0.1) is 11.3 Å². The lowest BCUT2D eigenvalue weighted by Gasteiger charge is -2.35. The Morgan fingerprint density at radius 3 is 2.57 bits per heavy atom. The van der Waals surface area contributed by atoms with E-state index in [2.05, 4.69) is 5.32 Å². The third-order valence-electron chi connectivity index (χ3n) is 4.74. The largest absolute Gasteiger partial charge is 0.362 e. The van der Waals surface area contributed by atoms with Gasteiger partial charge in [-0.1, -0.05) is 6.07 Å². The first-order valence-corrected chi connectivity index (χ1v) is 9.93. The molecule has 3 rings (SSSR count). The quantitative estimate of drug-likeness (QED) is 0.591. The molecular weight excluding hydrogens is 380 g/mol. The van der Waals surface area contributed by atoms with Gasteiger partial charge in [-0.2, -0.15) is 0 Å². The van der Waals surface area contributed by atoms with Crippen LogP contribution in [0.15, 0.2) is 35.7 Å². The second-order valence-corrected chi connectivity index (χ2v) is 7.57. The standard InChI is InChI=1S/C19H22N4O4S/c1-14(24)21-8-10-22(11-9-21)17-5-4-15(13-18(17)23(26)27)19(25)20-7-6-16-3-2-12-28-16/h2-5,12-13H,6-11H2,1H3,(H,20,25). The minimum atomic E-state index is -0.463. The summed E-state index contributed by atoms with van der Waals surface area (Å²) in [5, 5.41) is 16.4. The van der Waals surface area contributed by atoms with Gasteiger partial charge in [0.1, 0.15) is 5.69 Å². The van der Waals surface area contributed by atoms with Crippen molar-refractivity contribution in [2.45, 2.75) is 13.3 Å². The monoisotopic (exact) mass is 402 g/mol. The van der Waals surface area contributed by atoms with Crippen molar-refractivity contribution in [1.82, 2.24) is 10.2 Å². The van der Waals surface area contributed by atoms with Crippen molar-refractivity contribution >= 4 is 34.5 Å². The normalized spacial score (nSPS) is 14.0. The number of nitro groups is 1. The van der Waals surface area contributed by atoms with Gasteiger partial charge >= 0.3 is 0 Å². The molecule has 28 heavy (non-hydrogen) atoms. The predicted molar refractivity (Wildman–Crippen MR) is 108 cm³/mol. The summed E-state index contributed by atoms with van der Waals surface area (Å²) in [6, 6.07) is 8.52. The molecule has 0 atom stereocenters. The van der Waals surface area contributed by atoms with Crippen molar-refractivity contribution in [3.63, 3.8) is 0 Å². The van der Waals surface area contributed by atoms with Gasteiger partial charge in [-0.25, -0.2) is 0 Å². The smallest absolute Gasteiger partial charge is 0.293 e. The number of thiophene rings is 1. The molecule has 148 valence electrons. The molecule has 2 heterocycles. The Morgan fingerprint density at radius 2 is 1.96 bits per heavy atom. The summed E-state index contributed by atoms with van der Waals surface area (Å²) in [5.74, 6) is -0.323. The molecule has 8 nitrogen and oxygen atoms in total. The fourth-order valence-electron chi connectivity index (χ4n) is 3.20. The molecule has 0 saturated carbocycles. The zero-order chi connectivity index (χ0) is 20.1. The Hall–Kier alpha value is -2.94. The Bertz CT molecular complexity index is 861. The molecule has 0 unspecified atom stereocenters. The van der Waals surface area contributed by atoms with Gasteiger partial charge in [-0.05, 0) is 30.0 Å². The first-order valence-electron chi connectivity index (χ1n) is 9.05. The summed E-state index contributed by atoms with van der Waals surface area (Å²) in [6.07, 6.45) is 0.726. The van der Waals surface area contributed by atoms with Crippen LogP contribution in [0.3, 0.4) is 0 Å². The summed E-state index contributed by atoms with van der Waals surface area (Å²) in [5.41, 5.74) is 0.648. The zero-order valence-corrected chi connectivity index (χ0v) is 16.4. The molecule has 9 heteroatoms. The van der Waals surface area contributed by atoms with Crippen molar-refractivity contribution in [3.8, 4) is 0 Å². The Kier molecular flexibility index (Phi) is 6.25. The van der Waals surface area contributed by atoms with Crippen LogP contribution in [0.5, 0.6) is 0 Å². The number of amides is 2. The molecule has 1 fully saturated rings. The molecule has 2 aromatic rings. The van der Waals surface area contributed by atoms with Gasteiger partial charge in [0.2, 0.25) is 5.91 Å². The highest BCUT2D eigenvalue weighted by molar-refractivity contribution is 7.09. The first-order chi connectivity index (χ1) is 13.5. The number of anilines is 1. The molecule has 2 amide bonds. The van der Waals surface area contributed by atoms with E-state index in [1.807, 2.05) is 22.4 Å². The van der Waals surface area contributed by atoms with E-state index >= 15 is 0 Å². The molecule has 0 radical (unpaired) electrons. The zero-order valence-electron chi connectivity index (χ0n) is 15.6. The third-order valence-corrected chi connectivity index (χ3v) is 5.67. The molecule has 1 aromatic carbocycles. The molecule has 1 aliphatic heterocycles. The second-order valence-electron chi connectivity index (χ2n) is 6.54. The molecule has 1 aromatic heterocycles. The molecule has 0 spiro atoms. The van der Waals surface area contributed by atoms with Crippen LogP contribution in [-0.4, -0.2) is 54.4 Å². The fraction of sp³-hybridized carbons (Fsp3) is 0.368. The van der Waals surface area contributed by atoms with Crippen LogP contribution in [0.4, 0.5) is 11.4 Å². The molecule has 1 saturated heterocycles.